The molecule has 4 aliphatic heterocycles. The predicted octanol–water partition coefficient (Wildman–Crippen LogP) is -2.17. The maximum atomic E-state index is 14.1. The number of amides is 11. The smallest absolute Gasteiger partial charge is 0.315 e. The molecule has 0 aliphatic carbocycles. The summed E-state index contributed by atoms with van der Waals surface area (Å²) in [6.45, 7) is 6.74. The fraction of sp³-hybridized carbons (Fsp3) is 0.732. The highest BCUT2D eigenvalue weighted by Gasteiger charge is 2.43. The van der Waals surface area contributed by atoms with Crippen molar-refractivity contribution in [2.24, 2.45) is 17.4 Å². The van der Waals surface area contributed by atoms with E-state index in [0.29, 0.717) is 114 Å². The lowest BCUT2D eigenvalue weighted by molar-refractivity contribution is -0.140. The molecule has 2 unspecified atom stereocenters. The molecule has 0 radical (unpaired) electrons. The Morgan fingerprint density at radius 2 is 1.45 bits per heavy atom. The van der Waals surface area contributed by atoms with E-state index in [4.69, 9.17) is 25.7 Å². The molecule has 87 heavy (non-hydrogen) atoms. The number of carbonyl (C=O) groups excluding carboxylic acids is 10. The van der Waals surface area contributed by atoms with Crippen LogP contribution >= 0.6 is 11.8 Å². The van der Waals surface area contributed by atoms with E-state index in [1.54, 1.807) is 10.9 Å². The summed E-state index contributed by atoms with van der Waals surface area (Å²) >= 11 is 1.88. The molecule has 0 spiro atoms. The van der Waals surface area contributed by atoms with Gasteiger partial charge in [-0.2, -0.15) is 11.8 Å². The molecule has 30 nitrogen and oxygen atoms in total. The number of aryl methyl sites for hydroxylation is 1. The van der Waals surface area contributed by atoms with Crippen LogP contribution in [0.15, 0.2) is 18.7 Å². The number of H-pyrrole nitrogens is 1. The van der Waals surface area contributed by atoms with Crippen LogP contribution in [-0.4, -0.2) is 214 Å². The number of ether oxygens (including phenoxy) is 3. The molecule has 2 aromatic heterocycles. The van der Waals surface area contributed by atoms with Crippen LogP contribution in [0.4, 0.5) is 4.79 Å². The van der Waals surface area contributed by atoms with E-state index in [9.17, 15) is 47.9 Å². The van der Waals surface area contributed by atoms with Crippen molar-refractivity contribution in [2.75, 3.05) is 71.6 Å². The van der Waals surface area contributed by atoms with Crippen LogP contribution in [0.1, 0.15) is 122 Å². The minimum Gasteiger partial charge on any atom is -0.379 e. The number of nitrogens with zero attached hydrogens (tertiary/aromatic N) is 5. The average molecular weight is 1240 g/mol. The first kappa shape index (κ1) is 69.1. The van der Waals surface area contributed by atoms with Gasteiger partial charge in [-0.25, -0.2) is 9.78 Å². The van der Waals surface area contributed by atoms with Crippen molar-refractivity contribution in [3.63, 3.8) is 0 Å². The fourth-order valence-corrected chi connectivity index (χ4v) is 12.2. The van der Waals surface area contributed by atoms with E-state index in [1.807, 2.05) is 25.6 Å². The average Bonchev–Trinajstić information content (AvgIpc) is 2.28. The Labute approximate surface area is 511 Å². The van der Waals surface area contributed by atoms with E-state index in [0.717, 1.165) is 25.0 Å². The molecule has 14 N–H and O–H groups in total. The molecule has 3 saturated heterocycles. The van der Waals surface area contributed by atoms with E-state index in [1.165, 1.54) is 17.4 Å². The molecule has 484 valence electrons. The Morgan fingerprint density at radius 1 is 0.736 bits per heavy atom. The molecule has 4 aliphatic rings. The first-order valence-corrected chi connectivity index (χ1v) is 31.6. The third-order valence-electron chi connectivity index (χ3n) is 15.3. The van der Waals surface area contributed by atoms with Gasteiger partial charge in [0, 0.05) is 88.5 Å². The maximum Gasteiger partial charge on any atom is 0.315 e. The number of hydrogen-bond acceptors (Lipinski definition) is 18. The van der Waals surface area contributed by atoms with Gasteiger partial charge in [0.05, 0.1) is 68.8 Å². The van der Waals surface area contributed by atoms with Gasteiger partial charge in [0.25, 0.3) is 0 Å². The SMILES string of the molecule is CC(C)C[C@@H]1NC(=O)[C@H](CCCC(N)=O)NC(=O)[C@@H](N)Cc2cn(nn2)CCCC[C@@H](C(=O)NCCCOCCOCCOCCCNC(=O)CCCCC2SC[C@H]3NC(=O)N[C@@H]23)NC(=O)C2CCCN2C(=O)CNC(=O)[C@H](Cc2c[nH]cn2)NC1=O. The molecule has 9 atom stereocenters. The summed E-state index contributed by atoms with van der Waals surface area (Å²) in [6.07, 6.45) is 10.9. The standard InChI is InChI=1S/C56H91N17O13S/c1-35(2)27-41-54(81)67-42(29-36-30-59-34-63-36)52(79)62-31-48(76)73-20-8-13-44(73)55(82)65-39(11-5-6-19-72-32-37(70-71-72)28-38(57)50(77)64-40(53(80)66-41)12-7-15-46(58)74)51(78)61-18-10-22-85-24-26-86-25-23-84-21-9-17-60-47(75)16-4-3-14-45-49-43(33-87-45)68-56(83)69-49/h30,32,34-35,38-45,49H,3-29,31,33,57H2,1-2H3,(H2,58,74)(H,59,63)(H,60,75)(H,61,78)(H,62,79)(H,64,77)(H,65,82)(H,66,80)(H,67,81)(H2,68,69,83)/t38-,39-,40-,41-,42-,43+,44?,45?,49+/m0/s1. The molecular formula is C56H91N17O13S. The lowest BCUT2D eigenvalue weighted by Gasteiger charge is -2.28. The first-order chi connectivity index (χ1) is 41.9. The molecule has 31 heteroatoms. The van der Waals surface area contributed by atoms with Gasteiger partial charge in [0.15, 0.2) is 0 Å². The number of rotatable bonds is 28. The largest absolute Gasteiger partial charge is 0.379 e. The number of urea groups is 1. The number of fused-ring (bicyclic) bond motifs is 4. The third-order valence-corrected chi connectivity index (χ3v) is 16.8. The Kier molecular flexibility index (Phi) is 29.4. The number of aromatic nitrogens is 5. The molecular weight excluding hydrogens is 1150 g/mol. The lowest BCUT2D eigenvalue weighted by atomic mass is 10.0. The second-order valence-corrected chi connectivity index (χ2v) is 24.1. The number of carbonyl (C=O) groups is 10. The van der Waals surface area contributed by atoms with Gasteiger partial charge in [-0.15, -0.1) is 5.10 Å². The minimum absolute atomic E-state index is 0.0231. The summed E-state index contributed by atoms with van der Waals surface area (Å²) in [7, 11) is 0. The van der Waals surface area contributed by atoms with E-state index in [2.05, 4.69) is 68.1 Å². The summed E-state index contributed by atoms with van der Waals surface area (Å²) in [5.74, 6) is -4.23. The lowest BCUT2D eigenvalue weighted by Crippen LogP contribution is -2.59. The zero-order valence-electron chi connectivity index (χ0n) is 50.1. The zero-order valence-corrected chi connectivity index (χ0v) is 50.9. The van der Waals surface area contributed by atoms with Crippen LogP contribution < -0.4 is 59.3 Å². The molecule has 6 heterocycles. The molecule has 2 aromatic rings. The number of hydrogen-bond donors (Lipinski definition) is 12. The molecule has 6 rings (SSSR count). The van der Waals surface area contributed by atoms with Crippen LogP contribution in [0.2, 0.25) is 0 Å². The molecule has 2 bridgehead atoms. The highest BCUT2D eigenvalue weighted by atomic mass is 32.2. The van der Waals surface area contributed by atoms with Gasteiger partial charge in [-0.3, -0.25) is 47.8 Å². The van der Waals surface area contributed by atoms with Crippen LogP contribution in [0.3, 0.4) is 0 Å². The second kappa shape index (κ2) is 37.0. The van der Waals surface area contributed by atoms with Crippen molar-refractivity contribution < 1.29 is 62.2 Å². The molecule has 0 saturated carbocycles. The van der Waals surface area contributed by atoms with Gasteiger partial charge < -0.3 is 83.4 Å². The summed E-state index contributed by atoms with van der Waals surface area (Å²) in [4.78, 5) is 141. The van der Waals surface area contributed by atoms with E-state index in [-0.39, 0.29) is 88.0 Å². The number of imidazole rings is 1. The Hall–Kier alpha value is -6.96. The zero-order chi connectivity index (χ0) is 62.5. The van der Waals surface area contributed by atoms with Crippen molar-refractivity contribution in [1.82, 2.24) is 77.7 Å². The van der Waals surface area contributed by atoms with E-state index >= 15 is 0 Å². The Bertz CT molecular complexity index is 2560. The second-order valence-electron chi connectivity index (χ2n) is 22.8. The number of primary amides is 1. The van der Waals surface area contributed by atoms with Crippen LogP contribution in [0, 0.1) is 5.92 Å². The maximum absolute atomic E-state index is 14.1. The Balaban J connectivity index is 0.965. The predicted molar refractivity (Wildman–Crippen MR) is 317 cm³/mol. The summed E-state index contributed by atoms with van der Waals surface area (Å²) in [5, 5.41) is 34.1. The van der Waals surface area contributed by atoms with Crippen LogP contribution in [0.25, 0.3) is 0 Å². The van der Waals surface area contributed by atoms with Crippen molar-refractivity contribution in [1.29, 1.82) is 0 Å². The number of unbranched alkanes of at least 4 members (excludes halogenated alkanes) is 1. The quantitative estimate of drug-likeness (QED) is 0.0319. The number of nitrogens with one attached hydrogen (secondary N) is 10. The van der Waals surface area contributed by atoms with E-state index < -0.39 is 90.1 Å². The molecule has 11 amide bonds. The van der Waals surface area contributed by atoms with Gasteiger partial charge in [-0.1, -0.05) is 25.5 Å². The normalized spacial score (nSPS) is 24.6. The summed E-state index contributed by atoms with van der Waals surface area (Å²) < 4.78 is 18.5. The highest BCUT2D eigenvalue weighted by Crippen LogP contribution is 2.33. The van der Waals surface area contributed by atoms with Crippen molar-refractivity contribution >= 4 is 71.0 Å². The van der Waals surface area contributed by atoms with Crippen LogP contribution in [0.5, 0.6) is 0 Å². The molecule has 0 aromatic carbocycles. The topological polar surface area (TPSA) is 421 Å². The molecule has 3 fully saturated rings. The number of nitrogens with two attached hydrogens (primary N) is 2. The van der Waals surface area contributed by atoms with Crippen molar-refractivity contribution in [3.8, 4) is 0 Å². The van der Waals surface area contributed by atoms with Crippen molar-refractivity contribution in [3.05, 3.63) is 30.1 Å². The number of thioether (sulfide) groups is 1. The summed E-state index contributed by atoms with van der Waals surface area (Å²) in [6, 6.07) is -6.54. The van der Waals surface area contributed by atoms with Gasteiger partial charge >= 0.3 is 6.03 Å². The van der Waals surface area contributed by atoms with Gasteiger partial charge in [0.2, 0.25) is 53.2 Å². The third kappa shape index (κ3) is 24.3. The van der Waals surface area contributed by atoms with Crippen LogP contribution in [-0.2, 0) is 76.7 Å². The highest BCUT2D eigenvalue weighted by molar-refractivity contribution is 8.00. The van der Waals surface area contributed by atoms with Crippen molar-refractivity contribution in [2.45, 2.75) is 183 Å². The minimum atomic E-state index is -1.29. The Morgan fingerprint density at radius 3 is 2.17 bits per heavy atom. The van der Waals surface area contributed by atoms with Gasteiger partial charge in [0.1, 0.15) is 30.2 Å². The summed E-state index contributed by atoms with van der Waals surface area (Å²) in [5.41, 5.74) is 12.5. The first-order valence-electron chi connectivity index (χ1n) is 30.6. The fourth-order valence-electron chi connectivity index (χ4n) is 10.7. The monoisotopic (exact) mass is 1240 g/mol. The van der Waals surface area contributed by atoms with Gasteiger partial charge in [-0.05, 0) is 83.0 Å². The number of aromatic amines is 1.